The molecule has 0 saturated heterocycles. The lowest BCUT2D eigenvalue weighted by Gasteiger charge is -2.25. The van der Waals surface area contributed by atoms with Crippen LogP contribution in [0.25, 0.3) is 11.2 Å². The third kappa shape index (κ3) is 7.52. The molecule has 3 aromatic rings. The Kier molecular flexibility index (Phi) is 9.27. The number of hydrogen-bond acceptors (Lipinski definition) is 11. The van der Waals surface area contributed by atoms with Gasteiger partial charge in [0.15, 0.2) is 11.5 Å². The summed E-state index contributed by atoms with van der Waals surface area (Å²) in [6, 6.07) is 4.96. The Bertz CT molecular complexity index is 1300. The number of nitrogens with zero attached hydrogens (tertiary/aromatic N) is 5. The molecule has 2 heterocycles. The first-order chi connectivity index (χ1) is 17.5. The molecule has 0 bridgehead atoms. The van der Waals surface area contributed by atoms with Crippen LogP contribution in [0, 0.1) is 10.1 Å². The number of anilines is 1. The molecule has 15 heteroatoms. The van der Waals surface area contributed by atoms with Gasteiger partial charge in [-0.2, -0.15) is 0 Å². The number of carbonyl (C=O) groups is 1. The van der Waals surface area contributed by atoms with E-state index in [9.17, 15) is 19.5 Å². The van der Waals surface area contributed by atoms with Crippen LogP contribution in [0.3, 0.4) is 0 Å². The first-order valence-corrected chi connectivity index (χ1v) is 13.3. The minimum absolute atomic E-state index is 0.177. The Morgan fingerprint density at radius 3 is 2.65 bits per heavy atom. The van der Waals surface area contributed by atoms with Crippen LogP contribution in [-0.2, 0) is 36.5 Å². The van der Waals surface area contributed by atoms with Crippen molar-refractivity contribution >= 4 is 36.2 Å². The third-order valence-electron chi connectivity index (χ3n) is 5.13. The van der Waals surface area contributed by atoms with E-state index in [1.54, 1.807) is 37.7 Å². The minimum Gasteiger partial charge on any atom is -0.462 e. The van der Waals surface area contributed by atoms with Gasteiger partial charge in [-0.05, 0) is 33.8 Å². The van der Waals surface area contributed by atoms with Gasteiger partial charge >= 0.3 is 5.97 Å². The molecule has 0 saturated carbocycles. The normalized spacial score (nSPS) is 14.8. The van der Waals surface area contributed by atoms with E-state index in [0.29, 0.717) is 17.7 Å². The molecule has 14 nitrogen and oxygen atoms in total. The predicted molar refractivity (Wildman–Crippen MR) is 134 cm³/mol. The molecule has 1 unspecified atom stereocenters. The standard InChI is InChI=1S/C22H30N7O7P/c1-14(2)36-22(30)16(4)27-37(33,35-10-17-7-5-6-8-18(17)29(31)32)13-34-15(3)9-28-12-26-19-20(23)24-11-25-21(19)28/h5-8,11-12,14-16H,9-10,13H2,1-4H3,(H,27,33)(H2,23,24,25)/t15-,16+,37?/m1/s1. The number of benzene rings is 1. The maximum Gasteiger partial charge on any atom is 0.323 e. The summed E-state index contributed by atoms with van der Waals surface area (Å²) in [6.45, 7) is 6.57. The molecule has 0 spiro atoms. The van der Waals surface area contributed by atoms with Gasteiger partial charge in [-0.25, -0.2) is 20.0 Å². The van der Waals surface area contributed by atoms with E-state index >= 15 is 0 Å². The SMILES string of the molecule is CC(C)OC(=O)[C@H](C)NP(=O)(CO[C@H](C)Cn1cnc2c(N)ncnc21)OCc1ccccc1[N+](=O)[O-]. The fraction of sp³-hybridized carbons (Fsp3) is 0.455. The van der Waals surface area contributed by atoms with Crippen LogP contribution >= 0.6 is 7.52 Å². The van der Waals surface area contributed by atoms with E-state index in [0.717, 1.165) is 0 Å². The van der Waals surface area contributed by atoms with Crippen LogP contribution in [0.15, 0.2) is 36.9 Å². The van der Waals surface area contributed by atoms with E-state index in [1.807, 2.05) is 0 Å². The lowest BCUT2D eigenvalue weighted by Crippen LogP contribution is -2.36. The molecule has 1 aromatic carbocycles. The second kappa shape index (κ2) is 12.2. The molecule has 2 aromatic heterocycles. The van der Waals surface area contributed by atoms with Gasteiger partial charge in [-0.15, -0.1) is 0 Å². The van der Waals surface area contributed by atoms with Crippen LogP contribution in [0.4, 0.5) is 11.5 Å². The number of carbonyl (C=O) groups excluding carboxylic acids is 1. The molecule has 3 rings (SSSR count). The number of nitro groups is 1. The number of ether oxygens (including phenoxy) is 2. The first kappa shape index (κ1) is 28.1. The van der Waals surface area contributed by atoms with Crippen LogP contribution in [-0.4, -0.2) is 55.0 Å². The van der Waals surface area contributed by atoms with E-state index in [1.165, 1.54) is 31.5 Å². The lowest BCUT2D eigenvalue weighted by atomic mass is 10.2. The molecule has 0 amide bonds. The van der Waals surface area contributed by atoms with Crippen molar-refractivity contribution in [2.45, 2.75) is 59.1 Å². The summed E-state index contributed by atoms with van der Waals surface area (Å²) in [7, 11) is -3.85. The van der Waals surface area contributed by atoms with Gasteiger partial charge in [0.05, 0.1) is 42.2 Å². The molecule has 3 atom stereocenters. The van der Waals surface area contributed by atoms with Gasteiger partial charge in [-0.1, -0.05) is 12.1 Å². The van der Waals surface area contributed by atoms with Crippen LogP contribution in [0.2, 0.25) is 0 Å². The average Bonchev–Trinajstić information content (AvgIpc) is 3.25. The number of nitrogens with one attached hydrogen (secondary N) is 1. The van der Waals surface area contributed by atoms with Crippen molar-refractivity contribution in [2.75, 3.05) is 12.1 Å². The fourth-order valence-electron chi connectivity index (χ4n) is 3.37. The van der Waals surface area contributed by atoms with E-state index in [4.69, 9.17) is 19.7 Å². The number of nitro benzene ring substituents is 1. The largest absolute Gasteiger partial charge is 0.462 e. The van der Waals surface area contributed by atoms with E-state index < -0.39 is 36.9 Å². The van der Waals surface area contributed by atoms with Crippen LogP contribution in [0.1, 0.15) is 33.3 Å². The number of aromatic nitrogens is 4. The molecular weight excluding hydrogens is 505 g/mol. The highest BCUT2D eigenvalue weighted by Crippen LogP contribution is 2.45. The van der Waals surface area contributed by atoms with E-state index in [2.05, 4.69) is 20.0 Å². The highest BCUT2D eigenvalue weighted by Gasteiger charge is 2.31. The Hall–Kier alpha value is -3.45. The maximum absolute atomic E-state index is 13.7. The molecule has 0 aliphatic heterocycles. The topological polar surface area (TPSA) is 187 Å². The van der Waals surface area contributed by atoms with Crippen molar-refractivity contribution in [3.05, 3.63) is 52.6 Å². The van der Waals surface area contributed by atoms with Gasteiger partial charge in [0.1, 0.15) is 24.2 Å². The quantitative estimate of drug-likeness (QED) is 0.141. The number of nitrogen functional groups attached to an aromatic ring is 1. The number of para-hydroxylation sites is 1. The fourth-order valence-corrected chi connectivity index (χ4v) is 5.08. The highest BCUT2D eigenvalue weighted by molar-refractivity contribution is 7.56. The predicted octanol–water partition coefficient (Wildman–Crippen LogP) is 3.02. The number of nitrogens with two attached hydrogens (primary N) is 1. The summed E-state index contributed by atoms with van der Waals surface area (Å²) in [6.07, 6.45) is 1.59. The maximum atomic E-state index is 13.7. The van der Waals surface area contributed by atoms with Crippen molar-refractivity contribution in [2.24, 2.45) is 0 Å². The monoisotopic (exact) mass is 535 g/mol. The Morgan fingerprint density at radius 1 is 1.22 bits per heavy atom. The zero-order chi connectivity index (χ0) is 27.2. The summed E-state index contributed by atoms with van der Waals surface area (Å²) in [4.78, 5) is 35.4. The van der Waals surface area contributed by atoms with Crippen LogP contribution < -0.4 is 10.8 Å². The second-order valence-electron chi connectivity index (χ2n) is 8.60. The second-order valence-corrected chi connectivity index (χ2v) is 10.7. The van der Waals surface area contributed by atoms with Crippen molar-refractivity contribution in [3.63, 3.8) is 0 Å². The molecule has 3 N–H and O–H groups in total. The summed E-state index contributed by atoms with van der Waals surface area (Å²) < 4.78 is 32.1. The first-order valence-electron chi connectivity index (χ1n) is 11.5. The Balaban J connectivity index is 1.73. The van der Waals surface area contributed by atoms with E-state index in [-0.39, 0.29) is 29.8 Å². The minimum atomic E-state index is -3.85. The number of imidazole rings is 1. The number of hydrogen-bond donors (Lipinski definition) is 2. The summed E-state index contributed by atoms with van der Waals surface area (Å²) >= 11 is 0. The number of fused-ring (bicyclic) bond motifs is 1. The molecule has 0 aliphatic rings. The van der Waals surface area contributed by atoms with Gasteiger partial charge in [-0.3, -0.25) is 19.5 Å². The molecule has 0 aliphatic carbocycles. The molecule has 37 heavy (non-hydrogen) atoms. The molecule has 0 fully saturated rings. The molecular formula is C22H30N7O7P. The smallest absolute Gasteiger partial charge is 0.323 e. The Morgan fingerprint density at radius 2 is 1.95 bits per heavy atom. The van der Waals surface area contributed by atoms with Crippen molar-refractivity contribution in [1.82, 2.24) is 24.6 Å². The molecule has 0 radical (unpaired) electrons. The van der Waals surface area contributed by atoms with Gasteiger partial charge in [0.2, 0.25) is 0 Å². The third-order valence-corrected chi connectivity index (χ3v) is 6.94. The zero-order valence-electron chi connectivity index (χ0n) is 20.9. The Labute approximate surface area is 213 Å². The highest BCUT2D eigenvalue weighted by atomic mass is 31.2. The van der Waals surface area contributed by atoms with Crippen molar-refractivity contribution in [3.8, 4) is 0 Å². The van der Waals surface area contributed by atoms with Crippen molar-refractivity contribution in [1.29, 1.82) is 0 Å². The lowest BCUT2D eigenvalue weighted by molar-refractivity contribution is -0.385. The summed E-state index contributed by atoms with van der Waals surface area (Å²) in [5, 5.41) is 14.0. The van der Waals surface area contributed by atoms with Crippen LogP contribution in [0.5, 0.6) is 0 Å². The zero-order valence-corrected chi connectivity index (χ0v) is 21.8. The number of rotatable bonds is 13. The van der Waals surface area contributed by atoms with Crippen molar-refractivity contribution < 1.29 is 28.3 Å². The summed E-state index contributed by atoms with van der Waals surface area (Å²) in [5.74, 6) is -0.378. The van der Waals surface area contributed by atoms with Gasteiger partial charge in [0.25, 0.3) is 13.2 Å². The summed E-state index contributed by atoms with van der Waals surface area (Å²) in [5.41, 5.74) is 6.84. The average molecular weight is 535 g/mol. The molecule has 200 valence electrons. The number of esters is 1. The van der Waals surface area contributed by atoms with Gasteiger partial charge in [0, 0.05) is 6.07 Å². The van der Waals surface area contributed by atoms with Gasteiger partial charge < -0.3 is 24.3 Å².